The van der Waals surface area contributed by atoms with Gasteiger partial charge in [0.15, 0.2) is 0 Å². The summed E-state index contributed by atoms with van der Waals surface area (Å²) in [6.45, 7) is 5.75. The van der Waals surface area contributed by atoms with Gasteiger partial charge in [-0.15, -0.1) is 0 Å². The molecule has 1 spiro atoms. The molecule has 5 nitrogen and oxygen atoms in total. The Morgan fingerprint density at radius 1 is 1.38 bits per heavy atom. The van der Waals surface area contributed by atoms with E-state index in [2.05, 4.69) is 4.98 Å². The molecule has 1 aromatic heterocycles. The Morgan fingerprint density at radius 2 is 2.08 bits per heavy atom. The van der Waals surface area contributed by atoms with Crippen molar-refractivity contribution in [2.75, 3.05) is 6.54 Å². The van der Waals surface area contributed by atoms with E-state index >= 15 is 0 Å². The van der Waals surface area contributed by atoms with Gasteiger partial charge in [-0.3, -0.25) is 0 Å². The highest BCUT2D eigenvalue weighted by Gasteiger charge is 2.59. The molecule has 1 amide bonds. The van der Waals surface area contributed by atoms with Gasteiger partial charge in [0.05, 0.1) is 6.04 Å². The maximum Gasteiger partial charge on any atom is 0.410 e. The first kappa shape index (κ1) is 18.6. The van der Waals surface area contributed by atoms with Crippen molar-refractivity contribution in [2.24, 2.45) is 5.41 Å². The van der Waals surface area contributed by atoms with Crippen LogP contribution in [0.3, 0.4) is 0 Å². The number of carbonyl (C=O) groups is 1. The third-order valence-corrected chi connectivity index (χ3v) is 5.07. The molecule has 1 aliphatic carbocycles. The van der Waals surface area contributed by atoms with Crippen LogP contribution < -0.4 is 0 Å². The van der Waals surface area contributed by atoms with Crippen molar-refractivity contribution in [3.8, 4) is 6.07 Å². The summed E-state index contributed by atoms with van der Waals surface area (Å²) in [5, 5.41) is 8.91. The number of ether oxygens (including phenoxy) is 1. The van der Waals surface area contributed by atoms with Gasteiger partial charge in [-0.2, -0.15) is 5.26 Å². The van der Waals surface area contributed by atoms with Gasteiger partial charge in [-0.1, -0.05) is 6.07 Å². The molecule has 0 aromatic carbocycles. The van der Waals surface area contributed by atoms with Crippen molar-refractivity contribution >= 4 is 6.09 Å². The van der Waals surface area contributed by atoms with Gasteiger partial charge in [0.25, 0.3) is 0 Å². The minimum Gasteiger partial charge on any atom is -0.444 e. The average molecular weight is 363 g/mol. The van der Waals surface area contributed by atoms with E-state index in [9.17, 15) is 13.6 Å². The summed E-state index contributed by atoms with van der Waals surface area (Å²) in [6, 6.07) is 4.90. The molecule has 0 N–H and O–H groups in total. The molecule has 1 saturated heterocycles. The first-order chi connectivity index (χ1) is 12.0. The van der Waals surface area contributed by atoms with E-state index < -0.39 is 23.0 Å². The van der Waals surface area contributed by atoms with E-state index in [0.29, 0.717) is 19.4 Å². The number of pyridine rings is 1. The second-order valence-electron chi connectivity index (χ2n) is 8.44. The molecule has 0 radical (unpaired) electrons. The highest BCUT2D eigenvalue weighted by atomic mass is 19.3. The Labute approximate surface area is 152 Å². The minimum absolute atomic E-state index is 0.137. The molecular weight excluding hydrogens is 340 g/mol. The normalized spacial score (nSPS) is 23.8. The fourth-order valence-corrected chi connectivity index (χ4v) is 4.01. The summed E-state index contributed by atoms with van der Waals surface area (Å²) in [5.74, 6) is -2.61. The van der Waals surface area contributed by atoms with Crippen LogP contribution in [0.4, 0.5) is 13.6 Å². The standard InChI is InChI=1S/C19H23F2N3O2/c1-17(2,3)26-16(25)24-7-6-18(11-19(20,21)12-18)8-15(24)13-4-5-14(9-22)23-10-13/h4-5,10,15H,6-8,11-12H2,1-3H3/t15-/m1/s1. The predicted molar refractivity (Wildman–Crippen MR) is 90.5 cm³/mol. The highest BCUT2D eigenvalue weighted by Crippen LogP contribution is 2.60. The zero-order valence-electron chi connectivity index (χ0n) is 15.3. The zero-order chi connectivity index (χ0) is 19.2. The second-order valence-corrected chi connectivity index (χ2v) is 8.44. The van der Waals surface area contributed by atoms with Crippen LogP contribution >= 0.6 is 0 Å². The molecule has 26 heavy (non-hydrogen) atoms. The molecule has 0 bridgehead atoms. The number of carbonyl (C=O) groups excluding carboxylic acids is 1. The lowest BCUT2D eigenvalue weighted by Gasteiger charge is -2.54. The van der Waals surface area contributed by atoms with Gasteiger partial charge in [-0.25, -0.2) is 18.6 Å². The molecule has 1 aromatic rings. The topological polar surface area (TPSA) is 66.2 Å². The van der Waals surface area contributed by atoms with Gasteiger partial charge in [0.1, 0.15) is 17.4 Å². The third-order valence-electron chi connectivity index (χ3n) is 5.07. The largest absolute Gasteiger partial charge is 0.444 e. The van der Waals surface area contributed by atoms with Crippen LogP contribution in [0.1, 0.15) is 63.8 Å². The molecule has 2 heterocycles. The van der Waals surface area contributed by atoms with Crippen LogP contribution in [0, 0.1) is 16.7 Å². The van der Waals surface area contributed by atoms with Crippen LogP contribution in [0.15, 0.2) is 18.3 Å². The molecular formula is C19H23F2N3O2. The van der Waals surface area contributed by atoms with Crippen LogP contribution in [-0.4, -0.2) is 34.0 Å². The van der Waals surface area contributed by atoms with E-state index in [1.165, 1.54) is 0 Å². The molecule has 1 aliphatic heterocycles. The van der Waals surface area contributed by atoms with Crippen LogP contribution in [0.25, 0.3) is 0 Å². The fourth-order valence-electron chi connectivity index (χ4n) is 4.01. The summed E-state index contributed by atoms with van der Waals surface area (Å²) in [6.07, 6.45) is 1.83. The fraction of sp³-hybridized carbons (Fsp3) is 0.632. The summed E-state index contributed by atoms with van der Waals surface area (Å²) in [5.41, 5.74) is -0.0635. The van der Waals surface area contributed by atoms with Crippen molar-refractivity contribution in [1.29, 1.82) is 5.26 Å². The average Bonchev–Trinajstić information content (AvgIpc) is 2.51. The van der Waals surface area contributed by atoms with E-state index in [-0.39, 0.29) is 24.6 Å². The first-order valence-electron chi connectivity index (χ1n) is 8.76. The number of likely N-dealkylation sites (tertiary alicyclic amines) is 1. The van der Waals surface area contributed by atoms with Crippen LogP contribution in [-0.2, 0) is 4.74 Å². The number of nitrogens with zero attached hydrogens (tertiary/aromatic N) is 3. The highest BCUT2D eigenvalue weighted by molar-refractivity contribution is 5.69. The van der Waals surface area contributed by atoms with Crippen LogP contribution in [0.2, 0.25) is 0 Å². The Morgan fingerprint density at radius 3 is 2.58 bits per heavy atom. The van der Waals surface area contributed by atoms with Gasteiger partial charge in [-0.05, 0) is 50.7 Å². The Hall–Kier alpha value is -2.23. The molecule has 140 valence electrons. The molecule has 1 saturated carbocycles. The lowest BCUT2D eigenvalue weighted by atomic mass is 9.59. The van der Waals surface area contributed by atoms with Gasteiger partial charge >= 0.3 is 6.09 Å². The SMILES string of the molecule is CC(C)(C)OC(=O)N1CCC2(C[C@@H]1c1ccc(C#N)nc1)CC(F)(F)C2. The number of piperidine rings is 1. The summed E-state index contributed by atoms with van der Waals surface area (Å²) < 4.78 is 32.5. The number of nitriles is 1. The van der Waals surface area contributed by atoms with Crippen molar-refractivity contribution in [1.82, 2.24) is 9.88 Å². The Bertz CT molecular complexity index is 727. The number of amides is 1. The van der Waals surface area contributed by atoms with E-state index in [0.717, 1.165) is 5.56 Å². The van der Waals surface area contributed by atoms with Crippen LogP contribution in [0.5, 0.6) is 0 Å². The summed E-state index contributed by atoms with van der Waals surface area (Å²) in [4.78, 5) is 18.3. The quantitative estimate of drug-likeness (QED) is 0.740. The number of alkyl halides is 2. The number of rotatable bonds is 1. The van der Waals surface area contributed by atoms with Crippen molar-refractivity contribution < 1.29 is 18.3 Å². The molecule has 7 heteroatoms. The summed E-state index contributed by atoms with van der Waals surface area (Å²) in [7, 11) is 0. The monoisotopic (exact) mass is 363 g/mol. The van der Waals surface area contributed by atoms with E-state index in [1.54, 1.807) is 44.0 Å². The Balaban J connectivity index is 1.86. The van der Waals surface area contributed by atoms with Crippen molar-refractivity contribution in [2.45, 2.75) is 64.0 Å². The maximum absolute atomic E-state index is 13.5. The molecule has 2 fully saturated rings. The lowest BCUT2D eigenvalue weighted by Crippen LogP contribution is -2.54. The summed E-state index contributed by atoms with van der Waals surface area (Å²) >= 11 is 0. The van der Waals surface area contributed by atoms with E-state index in [1.807, 2.05) is 6.07 Å². The number of halogens is 2. The smallest absolute Gasteiger partial charge is 0.410 e. The number of hydrogen-bond acceptors (Lipinski definition) is 4. The minimum atomic E-state index is -2.61. The van der Waals surface area contributed by atoms with Gasteiger partial charge < -0.3 is 9.64 Å². The van der Waals surface area contributed by atoms with Gasteiger partial charge in [0, 0.05) is 25.6 Å². The van der Waals surface area contributed by atoms with E-state index in [4.69, 9.17) is 10.00 Å². The number of hydrogen-bond donors (Lipinski definition) is 0. The van der Waals surface area contributed by atoms with Crippen molar-refractivity contribution in [3.05, 3.63) is 29.6 Å². The zero-order valence-corrected chi connectivity index (χ0v) is 15.3. The second kappa shape index (κ2) is 6.19. The number of aromatic nitrogens is 1. The molecule has 0 unspecified atom stereocenters. The predicted octanol–water partition coefficient (Wildman–Crippen LogP) is 4.44. The third kappa shape index (κ3) is 3.79. The lowest BCUT2D eigenvalue weighted by molar-refractivity contribution is -0.183. The maximum atomic E-state index is 13.5. The van der Waals surface area contributed by atoms with Gasteiger partial charge in [0.2, 0.25) is 5.92 Å². The Kier molecular flexibility index (Phi) is 4.41. The first-order valence-corrected chi connectivity index (χ1v) is 8.76. The molecule has 2 aliphatic rings. The van der Waals surface area contributed by atoms with Crippen molar-refractivity contribution in [3.63, 3.8) is 0 Å². The molecule has 1 atom stereocenters. The molecule has 3 rings (SSSR count).